The van der Waals surface area contributed by atoms with Crippen LogP contribution in [0.5, 0.6) is 0 Å². The van der Waals surface area contributed by atoms with Crippen molar-refractivity contribution in [2.24, 2.45) is 0 Å². The van der Waals surface area contributed by atoms with E-state index in [-0.39, 0.29) is 17.6 Å². The lowest BCUT2D eigenvalue weighted by atomic mass is 10.0. The molecule has 1 atom stereocenters. The molecule has 0 aliphatic heterocycles. The zero-order chi connectivity index (χ0) is 12.1. The quantitative estimate of drug-likeness (QED) is 0.801. The zero-order valence-electron chi connectivity index (χ0n) is 9.99. The molecule has 1 unspecified atom stereocenters. The normalized spacial score (nSPS) is 12.5. The van der Waals surface area contributed by atoms with Crippen molar-refractivity contribution in [3.05, 3.63) is 34.9 Å². The molecule has 1 aromatic carbocycles. The number of ketones is 1. The number of hydrogen-bond acceptors (Lipinski definition) is 3. The number of thioether (sulfide) groups is 1. The molecule has 16 heavy (non-hydrogen) atoms. The van der Waals surface area contributed by atoms with E-state index in [9.17, 15) is 4.79 Å². The number of aliphatic hydroxyl groups is 1. The summed E-state index contributed by atoms with van der Waals surface area (Å²) >= 11 is 1.49. The summed E-state index contributed by atoms with van der Waals surface area (Å²) < 4.78 is 0. The van der Waals surface area contributed by atoms with Gasteiger partial charge in [-0.15, -0.1) is 11.8 Å². The van der Waals surface area contributed by atoms with Gasteiger partial charge < -0.3 is 5.11 Å². The van der Waals surface area contributed by atoms with Crippen molar-refractivity contribution in [2.75, 3.05) is 12.4 Å². The Bertz CT molecular complexity index is 374. The SMILES string of the molecule is Cc1ccc(C(=O)CSC(C)CO)c(C)c1. The Hall–Kier alpha value is -0.800. The number of carbonyl (C=O) groups is 1. The van der Waals surface area contributed by atoms with Crippen LogP contribution in [0, 0.1) is 13.8 Å². The van der Waals surface area contributed by atoms with Crippen LogP contribution < -0.4 is 0 Å². The Kier molecular flexibility index (Phi) is 5.03. The van der Waals surface area contributed by atoms with Gasteiger partial charge in [-0.2, -0.15) is 0 Å². The highest BCUT2D eigenvalue weighted by Crippen LogP contribution is 2.16. The number of Topliss-reactive ketones (excluding diaryl/α,β-unsaturated/α-hetero) is 1. The number of carbonyl (C=O) groups excluding carboxylic acids is 1. The second kappa shape index (κ2) is 6.06. The van der Waals surface area contributed by atoms with Gasteiger partial charge in [0.2, 0.25) is 0 Å². The molecule has 0 aromatic heterocycles. The Morgan fingerprint density at radius 2 is 2.12 bits per heavy atom. The number of hydrogen-bond donors (Lipinski definition) is 1. The van der Waals surface area contributed by atoms with Crippen molar-refractivity contribution in [3.63, 3.8) is 0 Å². The van der Waals surface area contributed by atoms with Gasteiger partial charge in [-0.3, -0.25) is 4.79 Å². The van der Waals surface area contributed by atoms with E-state index in [4.69, 9.17) is 5.11 Å². The fraction of sp³-hybridized carbons (Fsp3) is 0.462. The fourth-order valence-electron chi connectivity index (χ4n) is 1.47. The maximum absolute atomic E-state index is 11.9. The highest BCUT2D eigenvalue weighted by Gasteiger charge is 2.11. The van der Waals surface area contributed by atoms with Crippen LogP contribution in [0.15, 0.2) is 18.2 Å². The van der Waals surface area contributed by atoms with Gasteiger partial charge in [0.05, 0.1) is 12.4 Å². The van der Waals surface area contributed by atoms with E-state index in [1.807, 2.05) is 39.0 Å². The van der Waals surface area contributed by atoms with Crippen LogP contribution in [0.25, 0.3) is 0 Å². The summed E-state index contributed by atoms with van der Waals surface area (Å²) in [6.07, 6.45) is 0. The van der Waals surface area contributed by atoms with Crippen molar-refractivity contribution >= 4 is 17.5 Å². The summed E-state index contributed by atoms with van der Waals surface area (Å²) in [5.74, 6) is 0.578. The van der Waals surface area contributed by atoms with Gasteiger partial charge in [0.25, 0.3) is 0 Å². The van der Waals surface area contributed by atoms with Crippen molar-refractivity contribution in [1.82, 2.24) is 0 Å². The molecule has 0 radical (unpaired) electrons. The topological polar surface area (TPSA) is 37.3 Å². The smallest absolute Gasteiger partial charge is 0.172 e. The summed E-state index contributed by atoms with van der Waals surface area (Å²) in [5.41, 5.74) is 3.00. The van der Waals surface area contributed by atoms with E-state index in [1.54, 1.807) is 0 Å². The molecule has 0 saturated heterocycles. The van der Waals surface area contributed by atoms with Gasteiger partial charge >= 0.3 is 0 Å². The van der Waals surface area contributed by atoms with E-state index in [0.29, 0.717) is 5.75 Å². The molecule has 3 heteroatoms. The van der Waals surface area contributed by atoms with Gasteiger partial charge in [-0.1, -0.05) is 30.7 Å². The van der Waals surface area contributed by atoms with Gasteiger partial charge in [0.15, 0.2) is 5.78 Å². The third kappa shape index (κ3) is 3.65. The second-order valence-corrected chi connectivity index (χ2v) is 5.47. The van der Waals surface area contributed by atoms with Crippen LogP contribution in [-0.2, 0) is 0 Å². The second-order valence-electron chi connectivity index (χ2n) is 4.05. The van der Waals surface area contributed by atoms with Crippen LogP contribution in [0.1, 0.15) is 28.4 Å². The standard InChI is InChI=1S/C13H18O2S/c1-9-4-5-12(10(2)6-9)13(15)8-16-11(3)7-14/h4-6,11,14H,7-8H2,1-3H3. The number of benzene rings is 1. The zero-order valence-corrected chi connectivity index (χ0v) is 10.8. The van der Waals surface area contributed by atoms with Crippen molar-refractivity contribution < 1.29 is 9.90 Å². The van der Waals surface area contributed by atoms with Crippen LogP contribution in [-0.4, -0.2) is 28.5 Å². The monoisotopic (exact) mass is 238 g/mol. The predicted molar refractivity (Wildman–Crippen MR) is 69.3 cm³/mol. The highest BCUT2D eigenvalue weighted by molar-refractivity contribution is 8.00. The molecule has 0 aliphatic rings. The molecule has 0 saturated carbocycles. The summed E-state index contributed by atoms with van der Waals surface area (Å²) in [6.45, 7) is 6.01. The van der Waals surface area contributed by atoms with E-state index in [2.05, 4.69) is 0 Å². The van der Waals surface area contributed by atoms with Crippen molar-refractivity contribution in [1.29, 1.82) is 0 Å². The minimum Gasteiger partial charge on any atom is -0.395 e. The predicted octanol–water partition coefficient (Wildman–Crippen LogP) is 2.60. The summed E-state index contributed by atoms with van der Waals surface area (Å²) in [6, 6.07) is 5.87. The largest absolute Gasteiger partial charge is 0.395 e. The number of aryl methyl sites for hydroxylation is 2. The maximum atomic E-state index is 11.9. The Labute approximate surface area is 101 Å². The molecular formula is C13H18O2S. The molecule has 0 aliphatic carbocycles. The van der Waals surface area contributed by atoms with Crippen molar-refractivity contribution in [3.8, 4) is 0 Å². The molecular weight excluding hydrogens is 220 g/mol. The first-order chi connectivity index (χ1) is 7.54. The molecule has 1 aromatic rings. The average Bonchev–Trinajstić information content (AvgIpc) is 2.25. The first kappa shape index (κ1) is 13.3. The summed E-state index contributed by atoms with van der Waals surface area (Å²) in [5, 5.41) is 9.00. The third-order valence-electron chi connectivity index (χ3n) is 2.44. The first-order valence-electron chi connectivity index (χ1n) is 5.37. The molecule has 0 spiro atoms. The summed E-state index contributed by atoms with van der Waals surface area (Å²) in [7, 11) is 0. The van der Waals surface area contributed by atoms with E-state index >= 15 is 0 Å². The molecule has 1 N–H and O–H groups in total. The molecule has 2 nitrogen and oxygen atoms in total. The summed E-state index contributed by atoms with van der Waals surface area (Å²) in [4.78, 5) is 11.9. The van der Waals surface area contributed by atoms with Crippen LogP contribution in [0.2, 0.25) is 0 Å². The fourth-order valence-corrected chi connectivity index (χ4v) is 2.17. The maximum Gasteiger partial charge on any atom is 0.172 e. The van der Waals surface area contributed by atoms with E-state index < -0.39 is 0 Å². The van der Waals surface area contributed by atoms with E-state index in [0.717, 1.165) is 11.1 Å². The van der Waals surface area contributed by atoms with Crippen LogP contribution in [0.3, 0.4) is 0 Å². The average molecular weight is 238 g/mol. The lowest BCUT2D eigenvalue weighted by Crippen LogP contribution is -2.10. The van der Waals surface area contributed by atoms with Crippen LogP contribution in [0.4, 0.5) is 0 Å². The van der Waals surface area contributed by atoms with Gasteiger partial charge in [0.1, 0.15) is 0 Å². The van der Waals surface area contributed by atoms with E-state index in [1.165, 1.54) is 17.3 Å². The minimum atomic E-state index is 0.116. The molecule has 88 valence electrons. The molecule has 0 bridgehead atoms. The lowest BCUT2D eigenvalue weighted by Gasteiger charge is -2.08. The Morgan fingerprint density at radius 1 is 1.44 bits per heavy atom. The third-order valence-corrected chi connectivity index (χ3v) is 3.59. The van der Waals surface area contributed by atoms with Gasteiger partial charge in [-0.25, -0.2) is 0 Å². The molecule has 1 rings (SSSR count). The number of aliphatic hydroxyl groups excluding tert-OH is 1. The van der Waals surface area contributed by atoms with Crippen molar-refractivity contribution in [2.45, 2.75) is 26.0 Å². The lowest BCUT2D eigenvalue weighted by molar-refractivity contribution is 0.102. The minimum absolute atomic E-state index is 0.116. The molecule has 0 heterocycles. The van der Waals surface area contributed by atoms with Gasteiger partial charge in [0, 0.05) is 10.8 Å². The Morgan fingerprint density at radius 3 is 2.69 bits per heavy atom. The van der Waals surface area contributed by atoms with Crippen LogP contribution >= 0.6 is 11.8 Å². The first-order valence-corrected chi connectivity index (χ1v) is 6.42. The Balaban J connectivity index is 2.66. The number of rotatable bonds is 5. The molecule has 0 fully saturated rings. The highest BCUT2D eigenvalue weighted by atomic mass is 32.2. The van der Waals surface area contributed by atoms with Gasteiger partial charge in [-0.05, 0) is 19.4 Å². The molecule has 0 amide bonds.